The summed E-state index contributed by atoms with van der Waals surface area (Å²) in [5, 5.41) is 32.6. The SMILES string of the molecule is C[C@]12C=CC(=O)C=C1CC[C@H]1[C@@H]3C[C@H]4O[C@@H](c5ccc(Oc6ccc(N)cc6)c(O)c5)O[C@@]4(C(=O)CO)[C@@]3(C)C[C@H](O)[C@@]12F. The number of nitrogens with two attached hydrogens (primary N) is 1. The van der Waals surface area contributed by atoms with Crippen LogP contribution in [-0.4, -0.2) is 57.0 Å². The van der Waals surface area contributed by atoms with Crippen molar-refractivity contribution < 1.29 is 43.5 Å². The Morgan fingerprint density at radius 2 is 1.91 bits per heavy atom. The van der Waals surface area contributed by atoms with Crippen LogP contribution in [0.3, 0.4) is 0 Å². The Kier molecular flexibility index (Phi) is 6.44. The molecule has 10 heteroatoms. The van der Waals surface area contributed by atoms with Gasteiger partial charge < -0.3 is 35.3 Å². The highest BCUT2D eigenvalue weighted by molar-refractivity contribution is 6.01. The molecular weight excluding hydrogens is 569 g/mol. The standard InChI is InChI=1S/C34H36FNO8/c1-31-12-11-21(38)14-19(31)4-9-23-24-15-29-34(28(41)17-37,32(24,2)16-27(40)33(23,31)35)44-30(43-29)18-3-10-26(25(39)13-18)42-22-7-5-20(36)6-8-22/h3,5-8,10-14,23-24,27,29-30,37,39-40H,4,9,15-17,36H2,1-2H3/t23-,24-,27-,29+,30+,31-,32-,33-,34+/m0/s1. The third-order valence-electron chi connectivity index (χ3n) is 11.3. The maximum absolute atomic E-state index is 17.5. The predicted molar refractivity (Wildman–Crippen MR) is 156 cm³/mol. The van der Waals surface area contributed by atoms with E-state index in [4.69, 9.17) is 19.9 Å². The van der Waals surface area contributed by atoms with E-state index in [1.807, 2.05) is 6.92 Å². The molecule has 4 aliphatic carbocycles. The largest absolute Gasteiger partial charge is 0.504 e. The number of ether oxygens (including phenoxy) is 3. The van der Waals surface area contributed by atoms with Crippen LogP contribution in [-0.2, 0) is 19.1 Å². The van der Waals surface area contributed by atoms with Gasteiger partial charge in [-0.05, 0) is 93.1 Å². The van der Waals surface area contributed by atoms with Crippen LogP contribution in [0.2, 0.25) is 0 Å². The second-order valence-electron chi connectivity index (χ2n) is 13.3. The van der Waals surface area contributed by atoms with Crippen LogP contribution >= 0.6 is 0 Å². The molecule has 0 aromatic heterocycles. The summed E-state index contributed by atoms with van der Waals surface area (Å²) in [6, 6.07) is 11.4. The van der Waals surface area contributed by atoms with Crippen molar-refractivity contribution in [1.82, 2.24) is 0 Å². The van der Waals surface area contributed by atoms with Crippen molar-refractivity contribution >= 4 is 17.3 Å². The molecule has 1 heterocycles. The Hall–Kier alpha value is -3.57. The number of carbonyl (C=O) groups excluding carboxylic acids is 2. The lowest BCUT2D eigenvalue weighted by atomic mass is 9.44. The van der Waals surface area contributed by atoms with Gasteiger partial charge in [0.1, 0.15) is 12.4 Å². The van der Waals surface area contributed by atoms with E-state index in [0.29, 0.717) is 35.4 Å². The molecule has 2 aromatic carbocycles. The molecule has 4 fully saturated rings. The fourth-order valence-electron chi connectivity index (χ4n) is 9.15. The number of aliphatic hydroxyl groups is 2. The number of carbonyl (C=O) groups is 2. The Balaban J connectivity index is 1.21. The van der Waals surface area contributed by atoms with Crippen LogP contribution in [0.5, 0.6) is 17.2 Å². The van der Waals surface area contributed by atoms with Gasteiger partial charge in [-0.3, -0.25) is 9.59 Å². The number of aromatic hydroxyl groups is 1. The molecule has 0 bridgehead atoms. The molecule has 5 N–H and O–H groups in total. The summed E-state index contributed by atoms with van der Waals surface area (Å²) in [4.78, 5) is 25.8. The van der Waals surface area contributed by atoms with Crippen LogP contribution in [0.1, 0.15) is 51.4 Å². The zero-order chi connectivity index (χ0) is 31.2. The summed E-state index contributed by atoms with van der Waals surface area (Å²) in [6.07, 6.45) is 2.13. The van der Waals surface area contributed by atoms with E-state index in [0.717, 1.165) is 0 Å². The van der Waals surface area contributed by atoms with Gasteiger partial charge in [-0.25, -0.2) is 4.39 Å². The molecule has 5 aliphatic rings. The van der Waals surface area contributed by atoms with Gasteiger partial charge in [-0.1, -0.05) is 18.6 Å². The Morgan fingerprint density at radius 3 is 2.61 bits per heavy atom. The lowest BCUT2D eigenvalue weighted by Gasteiger charge is -2.62. The average Bonchev–Trinajstić information content (AvgIpc) is 3.49. The summed E-state index contributed by atoms with van der Waals surface area (Å²) in [5.41, 5.74) is 1.43. The predicted octanol–water partition coefficient (Wildman–Crippen LogP) is 4.46. The van der Waals surface area contributed by atoms with Crippen molar-refractivity contribution in [3.8, 4) is 17.2 Å². The third kappa shape index (κ3) is 3.71. The van der Waals surface area contributed by atoms with Gasteiger partial charge in [0.05, 0.1) is 12.2 Å². The Labute approximate surface area is 254 Å². The van der Waals surface area contributed by atoms with Crippen LogP contribution in [0, 0.1) is 22.7 Å². The quantitative estimate of drug-likeness (QED) is 0.363. The number of benzene rings is 2. The maximum Gasteiger partial charge on any atom is 0.193 e. The monoisotopic (exact) mass is 605 g/mol. The minimum Gasteiger partial charge on any atom is -0.504 e. The molecule has 1 aliphatic heterocycles. The molecule has 3 saturated carbocycles. The number of ketones is 2. The summed E-state index contributed by atoms with van der Waals surface area (Å²) >= 11 is 0. The van der Waals surface area contributed by atoms with Crippen LogP contribution < -0.4 is 10.5 Å². The number of hydrogen-bond donors (Lipinski definition) is 4. The van der Waals surface area contributed by atoms with E-state index in [2.05, 4.69) is 0 Å². The number of alkyl halides is 1. The first-order chi connectivity index (χ1) is 20.9. The first-order valence-corrected chi connectivity index (χ1v) is 15.0. The molecule has 7 rings (SSSR count). The molecule has 44 heavy (non-hydrogen) atoms. The highest BCUT2D eigenvalue weighted by Crippen LogP contribution is 2.72. The molecule has 9 nitrogen and oxygen atoms in total. The molecule has 0 radical (unpaired) electrons. The second-order valence-corrected chi connectivity index (χ2v) is 13.3. The maximum atomic E-state index is 17.5. The Morgan fingerprint density at radius 1 is 1.16 bits per heavy atom. The van der Waals surface area contributed by atoms with E-state index in [1.165, 1.54) is 18.2 Å². The Bertz CT molecular complexity index is 1610. The van der Waals surface area contributed by atoms with Gasteiger partial charge in [-0.2, -0.15) is 0 Å². The van der Waals surface area contributed by atoms with Crippen LogP contribution in [0.4, 0.5) is 10.1 Å². The van der Waals surface area contributed by atoms with E-state index in [1.54, 1.807) is 49.4 Å². The number of fused-ring (bicyclic) bond motifs is 7. The normalized spacial score (nSPS) is 40.4. The van der Waals surface area contributed by atoms with Gasteiger partial charge in [0.15, 0.2) is 40.6 Å². The van der Waals surface area contributed by atoms with Gasteiger partial charge in [-0.15, -0.1) is 0 Å². The summed E-state index contributed by atoms with van der Waals surface area (Å²) in [6.45, 7) is 2.75. The third-order valence-corrected chi connectivity index (χ3v) is 11.3. The number of aliphatic hydroxyl groups excluding tert-OH is 2. The lowest BCUT2D eigenvalue weighted by Crippen LogP contribution is -2.69. The summed E-state index contributed by atoms with van der Waals surface area (Å²) in [5.74, 6) is -1.35. The van der Waals surface area contributed by atoms with E-state index < -0.39 is 64.8 Å². The number of halogens is 1. The zero-order valence-electron chi connectivity index (χ0n) is 24.5. The summed E-state index contributed by atoms with van der Waals surface area (Å²) in [7, 11) is 0. The first kappa shape index (κ1) is 29.2. The van der Waals surface area contributed by atoms with E-state index >= 15 is 4.39 Å². The number of anilines is 1. The molecule has 0 unspecified atom stereocenters. The van der Waals surface area contributed by atoms with Crippen LogP contribution in [0.25, 0.3) is 0 Å². The van der Waals surface area contributed by atoms with Crippen molar-refractivity contribution in [3.63, 3.8) is 0 Å². The molecule has 0 amide bonds. The minimum atomic E-state index is -2.08. The fraction of sp³-hybridized carbons (Fsp3) is 0.471. The smallest absolute Gasteiger partial charge is 0.193 e. The number of phenols is 1. The number of rotatable bonds is 5. The molecule has 232 valence electrons. The minimum absolute atomic E-state index is 0.104. The van der Waals surface area contributed by atoms with Gasteiger partial charge >= 0.3 is 0 Å². The van der Waals surface area contributed by atoms with Crippen molar-refractivity contribution in [3.05, 3.63) is 71.8 Å². The number of allylic oxidation sites excluding steroid dienone is 4. The summed E-state index contributed by atoms with van der Waals surface area (Å²) < 4.78 is 36.2. The van der Waals surface area contributed by atoms with Crippen molar-refractivity contribution in [2.75, 3.05) is 12.3 Å². The van der Waals surface area contributed by atoms with Crippen LogP contribution in [0.15, 0.2) is 66.3 Å². The van der Waals surface area contributed by atoms with E-state index in [9.17, 15) is 24.9 Å². The van der Waals surface area contributed by atoms with Gasteiger partial charge in [0.2, 0.25) is 0 Å². The van der Waals surface area contributed by atoms with Crippen molar-refractivity contribution in [2.24, 2.45) is 22.7 Å². The van der Waals surface area contributed by atoms with Crippen molar-refractivity contribution in [1.29, 1.82) is 0 Å². The zero-order valence-corrected chi connectivity index (χ0v) is 24.5. The van der Waals surface area contributed by atoms with Gasteiger partial charge in [0.25, 0.3) is 0 Å². The average molecular weight is 606 g/mol. The number of nitrogen functional groups attached to an aromatic ring is 1. The molecule has 2 aromatic rings. The number of hydrogen-bond acceptors (Lipinski definition) is 9. The lowest BCUT2D eigenvalue weighted by molar-refractivity contribution is -0.231. The molecule has 9 atom stereocenters. The number of Topliss-reactive ketones (excluding diaryl/α,β-unsaturated/α-hetero) is 1. The van der Waals surface area contributed by atoms with E-state index in [-0.39, 0.29) is 30.1 Å². The highest BCUT2D eigenvalue weighted by Gasteiger charge is 2.79. The van der Waals surface area contributed by atoms with Crippen molar-refractivity contribution in [2.45, 2.75) is 69.3 Å². The first-order valence-electron chi connectivity index (χ1n) is 15.0. The topological polar surface area (TPSA) is 149 Å². The molecule has 1 saturated heterocycles. The molecular formula is C34H36FNO8. The second kappa shape index (κ2) is 9.71. The van der Waals surface area contributed by atoms with Gasteiger partial charge in [0, 0.05) is 28.0 Å². The fourth-order valence-corrected chi connectivity index (χ4v) is 9.15. The highest BCUT2D eigenvalue weighted by atomic mass is 19.1. The number of phenolic OH excluding ortho intramolecular Hbond substituents is 1. The molecule has 0 spiro atoms.